The molecule has 0 saturated carbocycles. The first-order valence-corrected chi connectivity index (χ1v) is 7.43. The Morgan fingerprint density at radius 3 is 2.23 bits per heavy atom. The second-order valence-corrected chi connectivity index (χ2v) is 5.65. The van der Waals surface area contributed by atoms with Crippen molar-refractivity contribution in [2.45, 2.75) is 6.04 Å². The number of carboxylic acids is 1. The average molecular weight is 331 g/mol. The normalized spacial score (nSPS) is 12.3. The molecule has 120 valence electrons. The summed E-state index contributed by atoms with van der Waals surface area (Å²) in [7, 11) is -3.51. The van der Waals surface area contributed by atoms with E-state index in [0.29, 0.717) is 0 Å². The van der Waals surface area contributed by atoms with Crippen LogP contribution in [0, 0.1) is 0 Å². The van der Waals surface area contributed by atoms with E-state index >= 15 is 0 Å². The van der Waals surface area contributed by atoms with Crippen LogP contribution < -0.4 is 5.32 Å². The Bertz CT molecular complexity index is 697. The number of ether oxygens (including phenoxy) is 1. The lowest BCUT2D eigenvalue weighted by atomic mass is 10.1. The monoisotopic (exact) mass is 331 g/mol. The Morgan fingerprint density at radius 2 is 1.77 bits per heavy atom. The molecule has 1 rings (SSSR count). The summed E-state index contributed by atoms with van der Waals surface area (Å²) in [6.07, 6.45) is 0. The summed E-state index contributed by atoms with van der Waals surface area (Å²) in [6, 6.07) is 3.57. The summed E-state index contributed by atoms with van der Waals surface area (Å²) in [5.41, 5.74) is -0.297. The van der Waals surface area contributed by atoms with Crippen LogP contribution in [0.15, 0.2) is 24.3 Å². The van der Waals surface area contributed by atoms with Crippen molar-refractivity contribution in [2.24, 2.45) is 0 Å². The van der Waals surface area contributed by atoms with Crippen molar-refractivity contribution in [1.29, 1.82) is 0 Å². The molecule has 0 heterocycles. The molecule has 0 spiro atoms. The van der Waals surface area contributed by atoms with Gasteiger partial charge in [0, 0.05) is 0 Å². The van der Waals surface area contributed by atoms with Gasteiger partial charge in [-0.2, -0.15) is 8.42 Å². The lowest BCUT2D eigenvalue weighted by molar-refractivity contribution is -0.138. The zero-order valence-corrected chi connectivity index (χ0v) is 12.2. The second-order valence-electron chi connectivity index (χ2n) is 4.15. The maximum atomic E-state index is 12.0. The fraction of sp³-hybridized carbons (Fsp3) is 0.250. The van der Waals surface area contributed by atoms with Gasteiger partial charge in [0.1, 0.15) is 11.8 Å². The Kier molecular flexibility index (Phi) is 5.60. The number of carbonyl (C=O) groups is 3. The number of rotatable bonds is 6. The highest BCUT2D eigenvalue weighted by atomic mass is 32.2. The van der Waals surface area contributed by atoms with Gasteiger partial charge in [-0.3, -0.25) is 9.35 Å². The summed E-state index contributed by atoms with van der Waals surface area (Å²) >= 11 is 0. The zero-order valence-electron chi connectivity index (χ0n) is 11.3. The van der Waals surface area contributed by atoms with Crippen molar-refractivity contribution < 1.29 is 37.2 Å². The highest BCUT2D eigenvalue weighted by Crippen LogP contribution is 2.10. The minimum atomic E-state index is -4.61. The predicted molar refractivity (Wildman–Crippen MR) is 73.1 cm³/mol. The summed E-state index contributed by atoms with van der Waals surface area (Å²) < 4.78 is 34.7. The molecule has 0 aliphatic rings. The number of aliphatic carboxylic acids is 1. The summed E-state index contributed by atoms with van der Waals surface area (Å²) in [4.78, 5) is 34.5. The average Bonchev–Trinajstić information content (AvgIpc) is 2.44. The molecular formula is C12H13NO8S. The van der Waals surface area contributed by atoms with Gasteiger partial charge in [0.15, 0.2) is 0 Å². The topological polar surface area (TPSA) is 147 Å². The molecule has 0 fully saturated rings. The van der Waals surface area contributed by atoms with E-state index in [0.717, 1.165) is 7.11 Å². The van der Waals surface area contributed by atoms with Crippen molar-refractivity contribution in [2.75, 3.05) is 12.9 Å². The van der Waals surface area contributed by atoms with Gasteiger partial charge in [-0.05, 0) is 12.1 Å². The smallest absolute Gasteiger partial charge is 0.338 e. The first kappa shape index (κ1) is 17.6. The molecule has 0 unspecified atom stereocenters. The lowest BCUT2D eigenvalue weighted by Crippen LogP contribution is -2.45. The predicted octanol–water partition coefficient (Wildman–Crippen LogP) is -0.456. The molecule has 0 aromatic heterocycles. The van der Waals surface area contributed by atoms with Crippen molar-refractivity contribution >= 4 is 28.0 Å². The fourth-order valence-electron chi connectivity index (χ4n) is 1.59. The lowest BCUT2D eigenvalue weighted by Gasteiger charge is -2.14. The van der Waals surface area contributed by atoms with E-state index in [4.69, 9.17) is 9.66 Å². The highest BCUT2D eigenvalue weighted by Gasteiger charge is 2.27. The number of methoxy groups -OCH3 is 1. The Hall–Kier alpha value is -2.46. The van der Waals surface area contributed by atoms with Crippen LogP contribution in [0.25, 0.3) is 0 Å². The number of hydrogen-bond acceptors (Lipinski definition) is 6. The molecule has 9 nitrogen and oxygen atoms in total. The van der Waals surface area contributed by atoms with E-state index < -0.39 is 39.8 Å². The van der Waals surface area contributed by atoms with Crippen molar-refractivity contribution in [3.63, 3.8) is 0 Å². The molecule has 1 atom stereocenters. The third kappa shape index (κ3) is 4.82. The standard InChI is InChI=1S/C12H13NO8S/c1-21-12(17)8-5-3-2-4-7(8)10(14)13-9(11(15)16)6-22(18,19)20/h2-5,9H,6H2,1H3,(H,13,14)(H,15,16)(H,18,19,20)/t9-/m0/s1. The van der Waals surface area contributed by atoms with E-state index in [1.165, 1.54) is 24.3 Å². The van der Waals surface area contributed by atoms with Crippen molar-refractivity contribution in [3.8, 4) is 0 Å². The summed E-state index contributed by atoms with van der Waals surface area (Å²) in [5, 5.41) is 10.8. The maximum absolute atomic E-state index is 12.0. The largest absolute Gasteiger partial charge is 0.480 e. The molecule has 3 N–H and O–H groups in total. The zero-order chi connectivity index (χ0) is 16.9. The van der Waals surface area contributed by atoms with Crippen LogP contribution in [0.3, 0.4) is 0 Å². The van der Waals surface area contributed by atoms with Crippen LogP contribution in [-0.4, -0.2) is 54.8 Å². The first-order chi connectivity index (χ1) is 10.2. The maximum Gasteiger partial charge on any atom is 0.338 e. The molecule has 1 amide bonds. The molecule has 0 aliphatic carbocycles. The van der Waals surface area contributed by atoms with Gasteiger partial charge in [0.25, 0.3) is 16.0 Å². The number of hydrogen-bond donors (Lipinski definition) is 3. The molecule has 0 saturated heterocycles. The van der Waals surface area contributed by atoms with Crippen LogP contribution in [0.4, 0.5) is 0 Å². The van der Waals surface area contributed by atoms with Crippen LogP contribution >= 0.6 is 0 Å². The number of carbonyl (C=O) groups excluding carboxylic acids is 2. The number of amides is 1. The van der Waals surface area contributed by atoms with E-state index in [1.54, 1.807) is 0 Å². The third-order valence-electron chi connectivity index (χ3n) is 2.56. The SMILES string of the molecule is COC(=O)c1ccccc1C(=O)N[C@@H](CS(=O)(=O)O)C(=O)O. The number of esters is 1. The van der Waals surface area contributed by atoms with Crippen LogP contribution in [0.1, 0.15) is 20.7 Å². The van der Waals surface area contributed by atoms with E-state index in [-0.39, 0.29) is 11.1 Å². The molecule has 0 aliphatic heterocycles. The van der Waals surface area contributed by atoms with Crippen LogP contribution in [-0.2, 0) is 19.6 Å². The summed E-state index contributed by atoms with van der Waals surface area (Å²) in [5.74, 6) is -4.65. The van der Waals surface area contributed by atoms with Gasteiger partial charge in [-0.1, -0.05) is 12.1 Å². The van der Waals surface area contributed by atoms with E-state index in [2.05, 4.69) is 4.74 Å². The van der Waals surface area contributed by atoms with Crippen LogP contribution in [0.5, 0.6) is 0 Å². The fourth-order valence-corrected chi connectivity index (χ4v) is 2.24. The molecule has 22 heavy (non-hydrogen) atoms. The van der Waals surface area contributed by atoms with Crippen LogP contribution in [0.2, 0.25) is 0 Å². The Morgan fingerprint density at radius 1 is 1.23 bits per heavy atom. The number of nitrogens with one attached hydrogen (secondary N) is 1. The first-order valence-electron chi connectivity index (χ1n) is 5.82. The van der Waals surface area contributed by atoms with Crippen molar-refractivity contribution in [3.05, 3.63) is 35.4 Å². The van der Waals surface area contributed by atoms with Crippen molar-refractivity contribution in [1.82, 2.24) is 5.32 Å². The van der Waals surface area contributed by atoms with Gasteiger partial charge >= 0.3 is 11.9 Å². The molecule has 0 bridgehead atoms. The quantitative estimate of drug-likeness (QED) is 0.469. The van der Waals surface area contributed by atoms with Gasteiger partial charge in [-0.25, -0.2) is 9.59 Å². The molecule has 10 heteroatoms. The Labute approximate surface area is 125 Å². The van der Waals surface area contributed by atoms with Gasteiger partial charge in [-0.15, -0.1) is 0 Å². The summed E-state index contributed by atoms with van der Waals surface area (Å²) in [6.45, 7) is 0. The molecule has 1 aromatic carbocycles. The molecule has 1 aromatic rings. The van der Waals surface area contributed by atoms with Gasteiger partial charge < -0.3 is 15.2 Å². The number of benzene rings is 1. The highest BCUT2D eigenvalue weighted by molar-refractivity contribution is 7.85. The Balaban J connectivity index is 3.06. The molecule has 0 radical (unpaired) electrons. The van der Waals surface area contributed by atoms with Gasteiger partial charge in [0.05, 0.1) is 18.2 Å². The number of carboxylic acid groups (broad SMARTS) is 1. The second kappa shape index (κ2) is 7.00. The van der Waals surface area contributed by atoms with Gasteiger partial charge in [0.2, 0.25) is 0 Å². The third-order valence-corrected chi connectivity index (χ3v) is 3.31. The minimum Gasteiger partial charge on any atom is -0.480 e. The molecular weight excluding hydrogens is 318 g/mol. The van der Waals surface area contributed by atoms with E-state index in [1.807, 2.05) is 5.32 Å². The van der Waals surface area contributed by atoms with E-state index in [9.17, 15) is 22.8 Å². The minimum absolute atomic E-state index is 0.113.